The summed E-state index contributed by atoms with van der Waals surface area (Å²) in [6.07, 6.45) is 10.3. The highest BCUT2D eigenvalue weighted by Gasteiger charge is 2.44. The van der Waals surface area contributed by atoms with Gasteiger partial charge in [-0.05, 0) is 143 Å². The molecule has 0 aliphatic carbocycles. The number of esters is 2. The number of nitrogens with zero attached hydrogens (tertiary/aromatic N) is 2. The topological polar surface area (TPSA) is 273 Å². The van der Waals surface area contributed by atoms with E-state index >= 15 is 0 Å². The smallest absolute Gasteiger partial charge is 0.314 e. The maximum absolute atomic E-state index is 13.3. The van der Waals surface area contributed by atoms with E-state index in [9.17, 15) is 39.0 Å². The number of hydrogen-bond acceptors (Lipinski definition) is 19. The molecule has 0 aromatic carbocycles. The lowest BCUT2D eigenvalue weighted by molar-refractivity contribution is -0.282. The summed E-state index contributed by atoms with van der Waals surface area (Å²) in [7, 11) is 12.4. The number of amides is 2. The Morgan fingerprint density at radius 1 is 0.690 bits per heavy atom. The lowest BCUT2D eigenvalue weighted by Gasteiger charge is -2.44. The number of aliphatic hydroxyl groups is 2. The second-order valence-corrected chi connectivity index (χ2v) is 25.4. The summed E-state index contributed by atoms with van der Waals surface area (Å²) < 4.78 is 48.5. The third kappa shape index (κ3) is 25.2. The Hall–Kier alpha value is -4.26. The van der Waals surface area contributed by atoms with Gasteiger partial charge < -0.3 is 79.1 Å². The van der Waals surface area contributed by atoms with E-state index in [1.807, 2.05) is 119 Å². The molecular weight excluding hydrogens is 1120 g/mol. The first-order valence-electron chi connectivity index (χ1n) is 31.8. The Kier molecular flexibility index (Phi) is 34.6. The van der Waals surface area contributed by atoms with E-state index in [-0.39, 0.29) is 127 Å². The quantitative estimate of drug-likeness (QED) is 0.0545. The number of carbonyl (C=O) groups is 6. The molecule has 0 spiro atoms. The summed E-state index contributed by atoms with van der Waals surface area (Å²) in [5.74, 6) is -2.85. The van der Waals surface area contributed by atoms with Crippen LogP contribution in [-0.2, 0) is 61.9 Å². The van der Waals surface area contributed by atoms with Crippen molar-refractivity contribution in [1.82, 2.24) is 20.4 Å². The van der Waals surface area contributed by atoms with Crippen LogP contribution in [0.1, 0.15) is 146 Å². The van der Waals surface area contributed by atoms with Crippen molar-refractivity contribution in [2.24, 2.45) is 53.1 Å². The second kappa shape index (κ2) is 39.1. The second-order valence-electron chi connectivity index (χ2n) is 25.4. The highest BCUT2D eigenvalue weighted by molar-refractivity contribution is 5.92. The van der Waals surface area contributed by atoms with Gasteiger partial charge in [-0.1, -0.05) is 77.0 Å². The Morgan fingerprint density at radius 3 is 1.52 bits per heavy atom. The van der Waals surface area contributed by atoms with E-state index in [1.54, 1.807) is 32.4 Å². The van der Waals surface area contributed by atoms with Gasteiger partial charge in [-0.15, -0.1) is 0 Å². The van der Waals surface area contributed by atoms with Crippen LogP contribution >= 0.6 is 0 Å². The number of allylic oxidation sites excluding steroid dienone is 6. The van der Waals surface area contributed by atoms with Gasteiger partial charge >= 0.3 is 18.0 Å². The van der Waals surface area contributed by atoms with Crippen LogP contribution in [0, 0.1) is 47.3 Å². The molecule has 2 fully saturated rings. The van der Waals surface area contributed by atoms with Gasteiger partial charge in [0.15, 0.2) is 30.4 Å². The molecule has 0 radical (unpaired) electrons. The van der Waals surface area contributed by atoms with Crippen molar-refractivity contribution < 1.29 is 76.9 Å². The molecule has 2 amide bonds. The number of rotatable bonds is 17. The van der Waals surface area contributed by atoms with Crippen molar-refractivity contribution in [3.05, 3.63) is 47.6 Å². The highest BCUT2D eigenvalue weighted by atomic mass is 16.7. The standard InChI is InChI=1S/C33H55N3O8.C33H58N2O8/c1-9-28-25(19-35-33(41)34-6)16-20(2)10-12-27(38)22(4)17-24(14-15-37)31(21(3)11-13-29(39)43-28)44-32-30(40)26(36(7)8)18-23(5)42-32;1-10-28-25(19-34)15-20(2)11-13-27(36)22(4)16-24(18-30(39-8)40-9)32(21(3)12-14-29(37)42-28)43-33-31(38)26(35(6)7)17-23(5)41-33/h10,12,15-16,21-26,28,30-32,40H,9,11,13-14,17-19H2,1-8H3,(H2,34,35,41);11,13,15,21-26,28,30-33,38H,10,12,14,16-19,34H2,1-9H3/b12-10+,20-16+;13-11+,20-15+/t21-,22+,23?,24-,25+,26?,28+,30?,31+,32?;21-,22+,23?,24+,25+,26?,28+,31?,32+,33?/m00/s1. The number of ether oxygens (including phenoxy) is 8. The molecule has 2 saturated heterocycles. The number of nitrogens with two attached hydrogens (primary N) is 1. The largest absolute Gasteiger partial charge is 0.462 e. The summed E-state index contributed by atoms with van der Waals surface area (Å²) in [6.45, 7) is 19.9. The first-order valence-corrected chi connectivity index (χ1v) is 31.8. The molecule has 4 rings (SSSR count). The third-order valence-corrected chi connectivity index (χ3v) is 17.8. The van der Waals surface area contributed by atoms with Gasteiger partial charge in [-0.2, -0.15) is 0 Å². The normalized spacial score (nSPS) is 37.1. The van der Waals surface area contributed by atoms with E-state index in [0.717, 1.165) is 17.4 Å². The summed E-state index contributed by atoms with van der Waals surface area (Å²) in [6, 6.07) is -0.659. The molecule has 4 aliphatic rings. The van der Waals surface area contributed by atoms with Crippen molar-refractivity contribution in [3.8, 4) is 0 Å². The van der Waals surface area contributed by atoms with Crippen molar-refractivity contribution in [3.63, 3.8) is 0 Å². The molecule has 0 saturated carbocycles. The zero-order valence-electron chi connectivity index (χ0n) is 55.6. The van der Waals surface area contributed by atoms with E-state index in [2.05, 4.69) is 10.6 Å². The molecule has 87 heavy (non-hydrogen) atoms. The van der Waals surface area contributed by atoms with Gasteiger partial charge in [0.2, 0.25) is 0 Å². The fourth-order valence-corrected chi connectivity index (χ4v) is 12.5. The van der Waals surface area contributed by atoms with Crippen LogP contribution in [0.15, 0.2) is 47.6 Å². The summed E-state index contributed by atoms with van der Waals surface area (Å²) >= 11 is 0. The SMILES string of the molecule is CC[C@H]1OC(=O)CC[C@H](C)[C@@H](OC2OC(C)CC(N(C)C)C2O)[C@@H](CC(OC)OC)C[C@@H](C)C(=O)/C=C/C(C)=C/[C@@H]1CN.CC[C@H]1OC(=O)CC[C@H](C)[C@@H](OC2OC(C)CC(N(C)C)C2O)[C@@H](CC=O)C[C@@H](C)C(=O)/C=C/C(C)=C/[C@@H]1CNC(=O)NC. The number of methoxy groups -OCH3 is 2. The molecule has 20 atom stereocenters. The van der Waals surface area contributed by atoms with Crippen LogP contribution in [0.5, 0.6) is 0 Å². The summed E-state index contributed by atoms with van der Waals surface area (Å²) in [5.41, 5.74) is 7.74. The van der Waals surface area contributed by atoms with Crippen molar-refractivity contribution in [2.75, 3.05) is 62.5 Å². The predicted octanol–water partition coefficient (Wildman–Crippen LogP) is 7.24. The zero-order valence-corrected chi connectivity index (χ0v) is 55.6. The molecule has 0 aromatic heterocycles. The first-order chi connectivity index (χ1) is 41.1. The van der Waals surface area contributed by atoms with Gasteiger partial charge in [0.25, 0.3) is 0 Å². The Balaban J connectivity index is 0.000000455. The van der Waals surface area contributed by atoms with Gasteiger partial charge in [0.05, 0.1) is 24.4 Å². The molecule has 0 aromatic rings. The lowest BCUT2D eigenvalue weighted by atomic mass is 9.80. The number of nitrogens with one attached hydrogen (secondary N) is 2. The van der Waals surface area contributed by atoms with E-state index in [0.29, 0.717) is 64.3 Å². The summed E-state index contributed by atoms with van der Waals surface area (Å²) in [4.78, 5) is 80.6. The maximum Gasteiger partial charge on any atom is 0.314 e. The number of aldehydes is 1. The van der Waals surface area contributed by atoms with Crippen LogP contribution in [0.2, 0.25) is 0 Å². The highest BCUT2D eigenvalue weighted by Crippen LogP contribution is 2.37. The number of ketones is 2. The van der Waals surface area contributed by atoms with Crippen LogP contribution in [0.3, 0.4) is 0 Å². The number of urea groups is 1. The molecule has 4 heterocycles. The van der Waals surface area contributed by atoms with Crippen molar-refractivity contribution >= 4 is 35.8 Å². The molecule has 21 heteroatoms. The van der Waals surface area contributed by atoms with Gasteiger partial charge in [0, 0.05) is 95.8 Å². The molecule has 498 valence electrons. The molecular formula is C66H113N5O16. The minimum atomic E-state index is -0.929. The Bertz CT molecular complexity index is 2240. The Morgan fingerprint density at radius 2 is 1.11 bits per heavy atom. The van der Waals surface area contributed by atoms with E-state index in [1.165, 1.54) is 13.1 Å². The zero-order chi connectivity index (χ0) is 65.2. The van der Waals surface area contributed by atoms with Crippen molar-refractivity contribution in [1.29, 1.82) is 0 Å². The lowest BCUT2D eigenvalue weighted by Crippen LogP contribution is -2.56. The van der Waals surface area contributed by atoms with Gasteiger partial charge in [-0.3, -0.25) is 19.2 Å². The van der Waals surface area contributed by atoms with Crippen LogP contribution in [0.25, 0.3) is 0 Å². The molecule has 4 aliphatic heterocycles. The number of carbonyl (C=O) groups excluding carboxylic acids is 6. The number of aliphatic hydroxyl groups excluding tert-OH is 2. The van der Waals surface area contributed by atoms with Gasteiger partial charge in [-0.25, -0.2) is 4.79 Å². The first kappa shape index (κ1) is 77.0. The average Bonchev–Trinajstić information content (AvgIpc) is 2.00. The predicted molar refractivity (Wildman–Crippen MR) is 334 cm³/mol. The fraction of sp³-hybridized carbons (Fsp3) is 0.788. The van der Waals surface area contributed by atoms with E-state index < -0.39 is 55.3 Å². The minimum absolute atomic E-state index is 0.000596. The van der Waals surface area contributed by atoms with Gasteiger partial charge in [0.1, 0.15) is 30.7 Å². The van der Waals surface area contributed by atoms with Crippen LogP contribution in [-0.4, -0.2) is 198 Å². The summed E-state index contributed by atoms with van der Waals surface area (Å²) in [5, 5.41) is 27.8. The average molecular weight is 1230 g/mol. The Labute approximate surface area is 520 Å². The minimum Gasteiger partial charge on any atom is -0.462 e. The van der Waals surface area contributed by atoms with E-state index in [4.69, 9.17) is 43.6 Å². The monoisotopic (exact) mass is 1230 g/mol. The molecule has 0 bridgehead atoms. The fourth-order valence-electron chi connectivity index (χ4n) is 12.5. The van der Waals surface area contributed by atoms with Crippen LogP contribution in [0.4, 0.5) is 4.79 Å². The number of cyclic esters (lactones) is 2. The number of likely N-dealkylation sites (N-methyl/N-ethyl adjacent to an activating group) is 2. The molecule has 8 unspecified atom stereocenters. The maximum atomic E-state index is 13.3. The molecule has 21 nitrogen and oxygen atoms in total. The number of hydrogen-bond donors (Lipinski definition) is 5. The molecule has 6 N–H and O–H groups in total. The third-order valence-electron chi connectivity index (χ3n) is 17.8. The van der Waals surface area contributed by atoms with Crippen LogP contribution < -0.4 is 16.4 Å². The van der Waals surface area contributed by atoms with Crippen molar-refractivity contribution in [2.45, 2.75) is 226 Å².